The second kappa shape index (κ2) is 6.37. The molecule has 24 heavy (non-hydrogen) atoms. The van der Waals surface area contributed by atoms with E-state index in [2.05, 4.69) is 15.1 Å². The quantitative estimate of drug-likeness (QED) is 0.848. The zero-order valence-corrected chi connectivity index (χ0v) is 14.1. The van der Waals surface area contributed by atoms with Crippen LogP contribution in [-0.2, 0) is 16.4 Å². The number of nitrogens with zero attached hydrogens (tertiary/aromatic N) is 2. The number of aromatic nitrogens is 2. The maximum atomic E-state index is 11.8. The van der Waals surface area contributed by atoms with Crippen molar-refractivity contribution < 1.29 is 18.3 Å². The number of likely N-dealkylation sites (tertiary alicyclic amines) is 1. The van der Waals surface area contributed by atoms with Crippen LogP contribution >= 0.6 is 0 Å². The minimum atomic E-state index is -3.28. The van der Waals surface area contributed by atoms with E-state index in [9.17, 15) is 13.2 Å². The smallest absolute Gasteiger partial charge is 0.335 e. The summed E-state index contributed by atoms with van der Waals surface area (Å²) in [4.78, 5) is 13.4. The first kappa shape index (κ1) is 16.7. The first-order chi connectivity index (χ1) is 11.3. The van der Waals surface area contributed by atoms with E-state index in [1.54, 1.807) is 12.1 Å². The average molecular weight is 349 g/mol. The van der Waals surface area contributed by atoms with Crippen molar-refractivity contribution >= 4 is 15.8 Å². The van der Waals surface area contributed by atoms with Crippen LogP contribution in [0.4, 0.5) is 0 Å². The lowest BCUT2D eigenvalue weighted by Crippen LogP contribution is -2.20. The summed E-state index contributed by atoms with van der Waals surface area (Å²) in [6, 6.07) is 6.83. The number of benzene rings is 1. The Balaban J connectivity index is 1.68. The molecule has 0 spiro atoms. The van der Waals surface area contributed by atoms with Gasteiger partial charge in [-0.25, -0.2) is 13.2 Å². The van der Waals surface area contributed by atoms with Gasteiger partial charge in [-0.1, -0.05) is 12.1 Å². The van der Waals surface area contributed by atoms with Gasteiger partial charge in [-0.05, 0) is 30.7 Å². The monoisotopic (exact) mass is 349 g/mol. The molecular weight excluding hydrogens is 330 g/mol. The van der Waals surface area contributed by atoms with Crippen molar-refractivity contribution in [2.75, 3.05) is 19.3 Å². The lowest BCUT2D eigenvalue weighted by atomic mass is 10.1. The fraction of sp³-hybridized carbons (Fsp3) is 0.375. The van der Waals surface area contributed by atoms with Gasteiger partial charge in [-0.15, -0.1) is 0 Å². The van der Waals surface area contributed by atoms with Crippen LogP contribution in [0.25, 0.3) is 0 Å². The van der Waals surface area contributed by atoms with Gasteiger partial charge >= 0.3 is 5.97 Å². The highest BCUT2D eigenvalue weighted by molar-refractivity contribution is 7.90. The van der Waals surface area contributed by atoms with Gasteiger partial charge in [0.1, 0.15) is 4.90 Å². The van der Waals surface area contributed by atoms with Gasteiger partial charge in [-0.3, -0.25) is 10.00 Å². The van der Waals surface area contributed by atoms with Gasteiger partial charge in [-0.2, -0.15) is 5.10 Å². The maximum Gasteiger partial charge on any atom is 0.335 e. The molecule has 1 atom stereocenters. The number of carbonyl (C=O) groups is 1. The third-order valence-electron chi connectivity index (χ3n) is 4.32. The molecule has 1 aromatic carbocycles. The Morgan fingerprint density at radius 1 is 1.38 bits per heavy atom. The predicted molar refractivity (Wildman–Crippen MR) is 87.7 cm³/mol. The SMILES string of the molecule is CS(=O)(=O)c1cn[nH]c1[C@@H]1CCN(Cc2ccc(C(=O)O)cc2)C1. The summed E-state index contributed by atoms with van der Waals surface area (Å²) in [5.74, 6) is -0.828. The molecule has 1 aromatic heterocycles. The summed E-state index contributed by atoms with van der Waals surface area (Å²) in [5.41, 5.74) is 1.99. The Morgan fingerprint density at radius 2 is 2.08 bits per heavy atom. The van der Waals surface area contributed by atoms with E-state index in [0.29, 0.717) is 12.2 Å². The highest BCUT2D eigenvalue weighted by Gasteiger charge is 2.29. The zero-order valence-electron chi connectivity index (χ0n) is 13.3. The number of hydrogen-bond acceptors (Lipinski definition) is 5. The number of carboxylic acid groups (broad SMARTS) is 1. The van der Waals surface area contributed by atoms with E-state index >= 15 is 0 Å². The summed E-state index contributed by atoms with van der Waals surface area (Å²) >= 11 is 0. The molecule has 0 unspecified atom stereocenters. The summed E-state index contributed by atoms with van der Waals surface area (Å²) in [5, 5.41) is 15.7. The number of carboxylic acids is 1. The van der Waals surface area contributed by atoms with Crippen LogP contribution in [0.15, 0.2) is 35.4 Å². The molecule has 2 N–H and O–H groups in total. The molecule has 0 aliphatic carbocycles. The summed E-state index contributed by atoms with van der Waals surface area (Å²) in [6.45, 7) is 2.30. The molecule has 1 aliphatic heterocycles. The lowest BCUT2D eigenvalue weighted by molar-refractivity contribution is 0.0697. The van der Waals surface area contributed by atoms with Crippen LogP contribution in [0.2, 0.25) is 0 Å². The van der Waals surface area contributed by atoms with Crippen molar-refractivity contribution in [2.45, 2.75) is 23.8 Å². The second-order valence-corrected chi connectivity index (χ2v) is 8.13. The highest BCUT2D eigenvalue weighted by Crippen LogP contribution is 2.30. The molecule has 0 saturated carbocycles. The molecule has 2 heterocycles. The third-order valence-corrected chi connectivity index (χ3v) is 5.44. The van der Waals surface area contributed by atoms with Crippen LogP contribution in [0.5, 0.6) is 0 Å². The summed E-state index contributed by atoms with van der Waals surface area (Å²) in [6.07, 6.45) is 3.42. The molecule has 0 bridgehead atoms. The standard InChI is InChI=1S/C16H19N3O4S/c1-24(22,23)14-8-17-18-15(14)13-6-7-19(10-13)9-11-2-4-12(5-3-11)16(20)21/h2-5,8,13H,6-7,9-10H2,1H3,(H,17,18)(H,20,21)/t13-/m1/s1. The van der Waals surface area contributed by atoms with Crippen LogP contribution < -0.4 is 0 Å². The Kier molecular flexibility index (Phi) is 4.42. The number of hydrogen-bond donors (Lipinski definition) is 2. The Labute approximate surface area is 140 Å². The van der Waals surface area contributed by atoms with Gasteiger partial charge in [0.05, 0.1) is 17.5 Å². The molecule has 7 nitrogen and oxygen atoms in total. The Hall–Kier alpha value is -2.19. The zero-order chi connectivity index (χ0) is 17.3. The molecule has 3 rings (SSSR count). The van der Waals surface area contributed by atoms with Gasteiger partial charge in [0.25, 0.3) is 0 Å². The number of rotatable bonds is 5. The molecule has 1 aliphatic rings. The van der Waals surface area contributed by atoms with E-state index < -0.39 is 15.8 Å². The summed E-state index contributed by atoms with van der Waals surface area (Å²) < 4.78 is 23.6. The first-order valence-electron chi connectivity index (χ1n) is 7.62. The minimum absolute atomic E-state index is 0.107. The largest absolute Gasteiger partial charge is 0.478 e. The van der Waals surface area contributed by atoms with Crippen molar-refractivity contribution in [3.05, 3.63) is 47.3 Å². The Morgan fingerprint density at radius 3 is 2.71 bits per heavy atom. The fourth-order valence-corrected chi connectivity index (χ4v) is 3.95. The number of aromatic carboxylic acids is 1. The van der Waals surface area contributed by atoms with Crippen molar-refractivity contribution in [2.24, 2.45) is 0 Å². The van der Waals surface area contributed by atoms with Crippen molar-refractivity contribution in [3.8, 4) is 0 Å². The van der Waals surface area contributed by atoms with Crippen molar-refractivity contribution in [3.63, 3.8) is 0 Å². The van der Waals surface area contributed by atoms with Gasteiger partial charge in [0.2, 0.25) is 0 Å². The van der Waals surface area contributed by atoms with E-state index in [4.69, 9.17) is 5.11 Å². The molecule has 8 heteroatoms. The van der Waals surface area contributed by atoms with E-state index in [1.807, 2.05) is 12.1 Å². The molecule has 1 saturated heterocycles. The molecule has 2 aromatic rings. The average Bonchev–Trinajstić information content (AvgIpc) is 3.15. The molecule has 128 valence electrons. The van der Waals surface area contributed by atoms with Crippen LogP contribution in [0.3, 0.4) is 0 Å². The summed E-state index contributed by atoms with van der Waals surface area (Å²) in [7, 11) is -3.28. The number of H-pyrrole nitrogens is 1. The van der Waals surface area contributed by atoms with Crippen LogP contribution in [-0.4, -0.2) is 53.9 Å². The molecule has 0 radical (unpaired) electrons. The molecule has 0 amide bonds. The van der Waals surface area contributed by atoms with Crippen molar-refractivity contribution in [1.29, 1.82) is 0 Å². The van der Waals surface area contributed by atoms with Gasteiger partial charge in [0.15, 0.2) is 9.84 Å². The molecular formula is C16H19N3O4S. The van der Waals surface area contributed by atoms with Gasteiger partial charge < -0.3 is 5.11 Å². The van der Waals surface area contributed by atoms with E-state index in [-0.39, 0.29) is 16.4 Å². The lowest BCUT2D eigenvalue weighted by Gasteiger charge is -2.16. The van der Waals surface area contributed by atoms with Crippen LogP contribution in [0.1, 0.15) is 34.0 Å². The maximum absolute atomic E-state index is 11.8. The highest BCUT2D eigenvalue weighted by atomic mass is 32.2. The number of aromatic amines is 1. The van der Waals surface area contributed by atoms with Crippen molar-refractivity contribution in [1.82, 2.24) is 15.1 Å². The fourth-order valence-electron chi connectivity index (χ4n) is 3.10. The topological polar surface area (TPSA) is 103 Å². The van der Waals surface area contributed by atoms with E-state index in [0.717, 1.165) is 25.1 Å². The third kappa shape index (κ3) is 3.49. The number of nitrogens with one attached hydrogen (secondary N) is 1. The molecule has 1 fully saturated rings. The second-order valence-electron chi connectivity index (χ2n) is 6.14. The predicted octanol–water partition coefficient (Wildman–Crippen LogP) is 1.50. The Bertz CT molecular complexity index is 842. The van der Waals surface area contributed by atoms with Crippen LogP contribution in [0, 0.1) is 0 Å². The van der Waals surface area contributed by atoms with E-state index in [1.165, 1.54) is 12.5 Å². The van der Waals surface area contributed by atoms with Gasteiger partial charge in [0, 0.05) is 25.3 Å². The number of sulfone groups is 1. The first-order valence-corrected chi connectivity index (χ1v) is 9.51. The minimum Gasteiger partial charge on any atom is -0.478 e. The normalized spacial score (nSPS) is 18.8.